The Balaban J connectivity index is 2.00. The zero-order valence-electron chi connectivity index (χ0n) is 15.6. The van der Waals surface area contributed by atoms with Gasteiger partial charge in [-0.2, -0.15) is 4.98 Å². The molecule has 1 atom stereocenters. The van der Waals surface area contributed by atoms with Crippen molar-refractivity contribution in [2.24, 2.45) is 5.92 Å². The Morgan fingerprint density at radius 1 is 1.14 bits per heavy atom. The van der Waals surface area contributed by atoms with Gasteiger partial charge in [-0.15, -0.1) is 0 Å². The second kappa shape index (κ2) is 8.86. The first-order valence-corrected chi connectivity index (χ1v) is 9.26. The molecule has 2 aromatic heterocycles. The lowest BCUT2D eigenvalue weighted by atomic mass is 10.1. The number of aromatic hydroxyl groups is 1. The summed E-state index contributed by atoms with van der Waals surface area (Å²) in [7, 11) is 0. The number of halogens is 1. The quantitative estimate of drug-likeness (QED) is 0.444. The van der Waals surface area contributed by atoms with Crippen LogP contribution in [-0.4, -0.2) is 37.8 Å². The summed E-state index contributed by atoms with van der Waals surface area (Å²) < 4.78 is 0. The maximum atomic E-state index is 10.1. The summed E-state index contributed by atoms with van der Waals surface area (Å²) >= 11 is 6.03. The van der Waals surface area contributed by atoms with Crippen molar-refractivity contribution in [1.82, 2.24) is 15.0 Å². The van der Waals surface area contributed by atoms with Crippen molar-refractivity contribution in [2.75, 3.05) is 17.2 Å². The zero-order valence-corrected chi connectivity index (χ0v) is 16.4. The van der Waals surface area contributed by atoms with Crippen molar-refractivity contribution in [3.63, 3.8) is 0 Å². The highest BCUT2D eigenvalue weighted by Crippen LogP contribution is 2.30. The number of nitrogens with one attached hydrogen (secondary N) is 2. The fourth-order valence-corrected chi connectivity index (χ4v) is 2.75. The van der Waals surface area contributed by atoms with Gasteiger partial charge in [0.1, 0.15) is 11.6 Å². The third kappa shape index (κ3) is 4.88. The molecule has 0 radical (unpaired) electrons. The molecule has 0 amide bonds. The minimum absolute atomic E-state index is 0.0456. The van der Waals surface area contributed by atoms with E-state index in [2.05, 4.69) is 25.6 Å². The van der Waals surface area contributed by atoms with E-state index < -0.39 is 0 Å². The van der Waals surface area contributed by atoms with Crippen molar-refractivity contribution in [2.45, 2.75) is 19.9 Å². The average Bonchev–Trinajstić information content (AvgIpc) is 2.69. The summed E-state index contributed by atoms with van der Waals surface area (Å²) in [5.41, 5.74) is 1.89. The van der Waals surface area contributed by atoms with Crippen molar-refractivity contribution in [1.29, 1.82) is 0 Å². The lowest BCUT2D eigenvalue weighted by molar-refractivity contribution is 0.248. The molecule has 2 heterocycles. The number of pyridine rings is 1. The molecule has 0 aliphatic rings. The number of phenols is 1. The molecule has 0 aliphatic carbocycles. The number of benzene rings is 1. The van der Waals surface area contributed by atoms with Gasteiger partial charge in [0.05, 0.1) is 24.0 Å². The number of hydrogen-bond acceptors (Lipinski definition) is 7. The van der Waals surface area contributed by atoms with E-state index in [1.54, 1.807) is 30.6 Å². The zero-order chi connectivity index (χ0) is 20.1. The number of aliphatic hydroxyl groups is 1. The normalized spacial score (nSPS) is 12.0. The fourth-order valence-electron chi connectivity index (χ4n) is 2.57. The number of anilines is 3. The summed E-state index contributed by atoms with van der Waals surface area (Å²) in [6.45, 7) is 3.96. The van der Waals surface area contributed by atoms with E-state index in [-0.39, 0.29) is 24.3 Å². The first-order chi connectivity index (χ1) is 13.5. The Kier molecular flexibility index (Phi) is 6.28. The number of aromatic nitrogens is 3. The molecular weight excluding hydrogens is 378 g/mol. The van der Waals surface area contributed by atoms with Crippen LogP contribution in [0, 0.1) is 5.92 Å². The predicted molar refractivity (Wildman–Crippen MR) is 111 cm³/mol. The molecule has 3 rings (SSSR count). The number of rotatable bonds is 7. The van der Waals surface area contributed by atoms with Crippen LogP contribution in [0.5, 0.6) is 5.75 Å². The summed E-state index contributed by atoms with van der Waals surface area (Å²) in [6.07, 6.45) is 3.40. The molecule has 3 aromatic rings. The molecule has 8 heteroatoms. The highest BCUT2D eigenvalue weighted by Gasteiger charge is 2.15. The van der Waals surface area contributed by atoms with Crippen molar-refractivity contribution < 1.29 is 10.2 Å². The van der Waals surface area contributed by atoms with Crippen LogP contribution in [0.2, 0.25) is 5.02 Å². The second-order valence-electron chi connectivity index (χ2n) is 6.67. The Hall–Kier alpha value is -2.90. The van der Waals surface area contributed by atoms with Gasteiger partial charge in [-0.3, -0.25) is 4.98 Å². The highest BCUT2D eigenvalue weighted by molar-refractivity contribution is 6.31. The van der Waals surface area contributed by atoms with E-state index in [0.29, 0.717) is 28.2 Å². The van der Waals surface area contributed by atoms with Crippen molar-refractivity contribution in [3.8, 4) is 17.0 Å². The van der Waals surface area contributed by atoms with Crippen LogP contribution in [0.25, 0.3) is 11.3 Å². The van der Waals surface area contributed by atoms with Gasteiger partial charge < -0.3 is 20.8 Å². The summed E-state index contributed by atoms with van der Waals surface area (Å²) in [4.78, 5) is 13.2. The topological polar surface area (TPSA) is 103 Å². The molecule has 0 aliphatic heterocycles. The van der Waals surface area contributed by atoms with Crippen molar-refractivity contribution in [3.05, 3.63) is 53.8 Å². The van der Waals surface area contributed by atoms with E-state index in [1.165, 1.54) is 6.07 Å². The van der Waals surface area contributed by atoms with Crippen LogP contribution in [0.15, 0.2) is 48.8 Å². The van der Waals surface area contributed by atoms with E-state index in [1.807, 2.05) is 26.0 Å². The largest absolute Gasteiger partial charge is 0.506 e. The molecule has 0 saturated heterocycles. The first kappa shape index (κ1) is 19.9. The molecule has 0 fully saturated rings. The standard InChI is InChI=1S/C20H22ClN5O2/c1-12(2)17(11-27)25-20-24-15(13-4-3-7-22-10-13)9-19(26-20)23-16-8-14(21)5-6-18(16)28/h3-10,12,17,27-28H,11H2,1-2H3,(H2,23,24,25,26)/t17-/m1/s1. The molecule has 0 saturated carbocycles. The lowest BCUT2D eigenvalue weighted by Crippen LogP contribution is -2.30. The maximum Gasteiger partial charge on any atom is 0.225 e. The maximum absolute atomic E-state index is 10.1. The van der Waals surface area contributed by atoms with E-state index in [4.69, 9.17) is 11.6 Å². The monoisotopic (exact) mass is 399 g/mol. The lowest BCUT2D eigenvalue weighted by Gasteiger charge is -2.20. The molecule has 0 unspecified atom stereocenters. The Labute approximate surface area is 168 Å². The predicted octanol–water partition coefficient (Wildman–Crippen LogP) is 4.07. The van der Waals surface area contributed by atoms with Crippen molar-refractivity contribution >= 4 is 29.1 Å². The Morgan fingerprint density at radius 2 is 1.96 bits per heavy atom. The third-order valence-electron chi connectivity index (χ3n) is 4.22. The van der Waals surface area contributed by atoms with Gasteiger partial charge in [-0.1, -0.05) is 25.4 Å². The minimum atomic E-state index is -0.198. The molecule has 4 N–H and O–H groups in total. The molecule has 1 aromatic carbocycles. The first-order valence-electron chi connectivity index (χ1n) is 8.88. The second-order valence-corrected chi connectivity index (χ2v) is 7.10. The van der Waals surface area contributed by atoms with E-state index in [0.717, 1.165) is 5.56 Å². The van der Waals surface area contributed by atoms with Gasteiger partial charge in [0.15, 0.2) is 0 Å². The van der Waals surface area contributed by atoms with Crippen LogP contribution < -0.4 is 10.6 Å². The summed E-state index contributed by atoms with van der Waals surface area (Å²) in [6, 6.07) is 10.00. The van der Waals surface area contributed by atoms with Crippen LogP contribution in [-0.2, 0) is 0 Å². The number of aliphatic hydroxyl groups excluding tert-OH is 1. The number of hydrogen-bond donors (Lipinski definition) is 4. The van der Waals surface area contributed by atoms with E-state index in [9.17, 15) is 10.2 Å². The number of nitrogens with zero attached hydrogens (tertiary/aromatic N) is 3. The minimum Gasteiger partial charge on any atom is -0.506 e. The Bertz CT molecular complexity index is 937. The van der Waals surface area contributed by atoms with Gasteiger partial charge in [-0.05, 0) is 36.2 Å². The number of phenolic OH excluding ortho intramolecular Hbond substituents is 1. The van der Waals surface area contributed by atoms with Crippen LogP contribution >= 0.6 is 11.6 Å². The van der Waals surface area contributed by atoms with Gasteiger partial charge in [0, 0.05) is 29.0 Å². The van der Waals surface area contributed by atoms with E-state index >= 15 is 0 Å². The average molecular weight is 400 g/mol. The summed E-state index contributed by atoms with van der Waals surface area (Å²) in [5, 5.41) is 26.4. The molecule has 0 spiro atoms. The molecule has 146 valence electrons. The van der Waals surface area contributed by atoms with Crippen LogP contribution in [0.4, 0.5) is 17.5 Å². The highest BCUT2D eigenvalue weighted by atomic mass is 35.5. The van der Waals surface area contributed by atoms with Crippen LogP contribution in [0.3, 0.4) is 0 Å². The Morgan fingerprint density at radius 3 is 2.64 bits per heavy atom. The van der Waals surface area contributed by atoms with Crippen LogP contribution in [0.1, 0.15) is 13.8 Å². The summed E-state index contributed by atoms with van der Waals surface area (Å²) in [5.74, 6) is 1.06. The third-order valence-corrected chi connectivity index (χ3v) is 4.46. The molecular formula is C20H22ClN5O2. The van der Waals surface area contributed by atoms with Gasteiger partial charge in [-0.25, -0.2) is 4.98 Å². The molecule has 7 nitrogen and oxygen atoms in total. The SMILES string of the molecule is CC(C)[C@@H](CO)Nc1nc(Nc2cc(Cl)ccc2O)cc(-c2cccnc2)n1. The van der Waals surface area contributed by atoms with Gasteiger partial charge in [0.2, 0.25) is 5.95 Å². The van der Waals surface area contributed by atoms with Gasteiger partial charge >= 0.3 is 0 Å². The molecule has 28 heavy (non-hydrogen) atoms. The molecule has 0 bridgehead atoms. The van der Waals surface area contributed by atoms with Gasteiger partial charge in [0.25, 0.3) is 0 Å². The smallest absolute Gasteiger partial charge is 0.225 e. The fraction of sp³-hybridized carbons (Fsp3) is 0.250.